The molecule has 2 aromatic carbocycles. The fourth-order valence-corrected chi connectivity index (χ4v) is 2.89. The molecule has 1 aliphatic heterocycles. The van der Waals surface area contributed by atoms with E-state index in [1.165, 1.54) is 0 Å². The molecule has 1 aliphatic rings. The molecule has 0 bridgehead atoms. The molecular weight excluding hydrogens is 317 g/mol. The van der Waals surface area contributed by atoms with Crippen LogP contribution in [0.25, 0.3) is 0 Å². The van der Waals surface area contributed by atoms with Gasteiger partial charge in [-0.1, -0.05) is 30.3 Å². The molecule has 1 atom stereocenters. The van der Waals surface area contributed by atoms with Crippen molar-refractivity contribution in [3.8, 4) is 0 Å². The van der Waals surface area contributed by atoms with Gasteiger partial charge in [0.15, 0.2) is 17.5 Å². The minimum atomic E-state index is -1.58. The highest BCUT2D eigenvalue weighted by atomic mass is 19.2. The van der Waals surface area contributed by atoms with Gasteiger partial charge in [-0.2, -0.15) is 0 Å². The third kappa shape index (κ3) is 3.59. The molecule has 0 spiro atoms. The lowest BCUT2D eigenvalue weighted by Gasteiger charge is -2.16. The molecule has 0 aromatic heterocycles. The Morgan fingerprint density at radius 1 is 1.08 bits per heavy atom. The number of anilines is 1. The maximum atomic E-state index is 13.6. The Labute approximate surface area is 138 Å². The number of hydrogen-bond donors (Lipinski definition) is 1. The van der Waals surface area contributed by atoms with Gasteiger partial charge >= 0.3 is 0 Å². The fourth-order valence-electron chi connectivity index (χ4n) is 2.89. The van der Waals surface area contributed by atoms with Crippen LogP contribution in [0.5, 0.6) is 0 Å². The summed E-state index contributed by atoms with van der Waals surface area (Å²) in [6, 6.07) is 11.7. The van der Waals surface area contributed by atoms with Crippen LogP contribution in [0, 0.1) is 23.4 Å². The first-order valence-electron chi connectivity index (χ1n) is 7.75. The van der Waals surface area contributed by atoms with Gasteiger partial charge < -0.3 is 5.32 Å². The summed E-state index contributed by atoms with van der Waals surface area (Å²) in [4.78, 5) is 14.4. The van der Waals surface area contributed by atoms with Crippen molar-refractivity contribution >= 4 is 11.6 Å². The van der Waals surface area contributed by atoms with Crippen LogP contribution in [0.3, 0.4) is 0 Å². The van der Waals surface area contributed by atoms with Crippen molar-refractivity contribution in [1.29, 1.82) is 0 Å². The minimum Gasteiger partial charge on any atom is -0.323 e. The van der Waals surface area contributed by atoms with E-state index in [0.717, 1.165) is 30.8 Å². The number of carbonyl (C=O) groups excluding carboxylic acids is 1. The Hall–Kier alpha value is -2.34. The van der Waals surface area contributed by atoms with E-state index in [4.69, 9.17) is 0 Å². The van der Waals surface area contributed by atoms with Crippen molar-refractivity contribution in [2.45, 2.75) is 13.0 Å². The third-order valence-electron chi connectivity index (χ3n) is 4.19. The number of halogens is 3. The monoisotopic (exact) mass is 334 g/mol. The summed E-state index contributed by atoms with van der Waals surface area (Å²) < 4.78 is 39.8. The highest BCUT2D eigenvalue weighted by Crippen LogP contribution is 2.23. The molecule has 1 fully saturated rings. The van der Waals surface area contributed by atoms with Gasteiger partial charge in [0.1, 0.15) is 0 Å². The van der Waals surface area contributed by atoms with Crippen molar-refractivity contribution in [1.82, 2.24) is 4.90 Å². The molecule has 1 heterocycles. The topological polar surface area (TPSA) is 32.3 Å². The van der Waals surface area contributed by atoms with E-state index >= 15 is 0 Å². The minimum absolute atomic E-state index is 0.304. The second-order valence-corrected chi connectivity index (χ2v) is 5.92. The molecule has 126 valence electrons. The van der Waals surface area contributed by atoms with Gasteiger partial charge in [0.25, 0.3) is 0 Å². The van der Waals surface area contributed by atoms with Crippen LogP contribution >= 0.6 is 0 Å². The Morgan fingerprint density at radius 2 is 1.83 bits per heavy atom. The molecule has 1 unspecified atom stereocenters. The highest BCUT2D eigenvalue weighted by Gasteiger charge is 2.29. The van der Waals surface area contributed by atoms with Crippen LogP contribution in [0.1, 0.15) is 12.0 Å². The van der Waals surface area contributed by atoms with Crippen LogP contribution < -0.4 is 5.32 Å². The molecule has 24 heavy (non-hydrogen) atoms. The lowest BCUT2D eigenvalue weighted by Crippen LogP contribution is -2.27. The van der Waals surface area contributed by atoms with E-state index in [2.05, 4.69) is 10.2 Å². The number of amides is 1. The first kappa shape index (κ1) is 16.5. The average molecular weight is 334 g/mol. The van der Waals surface area contributed by atoms with Crippen LogP contribution in [0.2, 0.25) is 0 Å². The van der Waals surface area contributed by atoms with Crippen LogP contribution in [0.15, 0.2) is 42.5 Å². The van der Waals surface area contributed by atoms with E-state index in [-0.39, 0.29) is 17.5 Å². The van der Waals surface area contributed by atoms with E-state index in [0.29, 0.717) is 13.0 Å². The Morgan fingerprint density at radius 3 is 2.58 bits per heavy atom. The second kappa shape index (κ2) is 7.05. The first-order valence-corrected chi connectivity index (χ1v) is 7.75. The Kier molecular flexibility index (Phi) is 4.85. The predicted molar refractivity (Wildman–Crippen MR) is 84.8 cm³/mol. The van der Waals surface area contributed by atoms with Gasteiger partial charge in [-0.25, -0.2) is 13.2 Å². The molecule has 1 amide bonds. The van der Waals surface area contributed by atoms with Crippen LogP contribution in [-0.2, 0) is 11.3 Å². The van der Waals surface area contributed by atoms with E-state index < -0.39 is 17.5 Å². The number of nitrogens with one attached hydrogen (secondary N) is 1. The summed E-state index contributed by atoms with van der Waals surface area (Å²) in [5.74, 6) is -4.91. The largest absolute Gasteiger partial charge is 0.323 e. The Bertz CT molecular complexity index is 737. The predicted octanol–water partition coefficient (Wildman–Crippen LogP) is 3.56. The molecule has 2 aromatic rings. The van der Waals surface area contributed by atoms with Crippen molar-refractivity contribution in [2.75, 3.05) is 18.4 Å². The summed E-state index contributed by atoms with van der Waals surface area (Å²) in [6.07, 6.45) is 0.643. The molecule has 1 N–H and O–H groups in total. The average Bonchev–Trinajstić information content (AvgIpc) is 3.05. The number of rotatable bonds is 4. The smallest absolute Gasteiger partial charge is 0.228 e. The van der Waals surface area contributed by atoms with E-state index in [9.17, 15) is 18.0 Å². The lowest BCUT2D eigenvalue weighted by atomic mass is 10.1. The highest BCUT2D eigenvalue weighted by molar-refractivity contribution is 5.93. The second-order valence-electron chi connectivity index (χ2n) is 5.92. The molecule has 1 saturated heterocycles. The molecule has 0 aliphatic carbocycles. The molecule has 0 radical (unpaired) electrons. The summed E-state index contributed by atoms with van der Waals surface area (Å²) in [6.45, 7) is 2.05. The summed E-state index contributed by atoms with van der Waals surface area (Å²) in [7, 11) is 0. The van der Waals surface area contributed by atoms with Crippen molar-refractivity contribution in [3.63, 3.8) is 0 Å². The van der Waals surface area contributed by atoms with Gasteiger partial charge in [-0.15, -0.1) is 0 Å². The zero-order valence-electron chi connectivity index (χ0n) is 12.9. The maximum absolute atomic E-state index is 13.6. The lowest BCUT2D eigenvalue weighted by molar-refractivity contribution is -0.119. The van der Waals surface area contributed by atoms with Gasteiger partial charge in [-0.05, 0) is 30.7 Å². The fraction of sp³-hybridized carbons (Fsp3) is 0.278. The number of benzene rings is 2. The molecular formula is C18H17F3N2O. The number of nitrogens with zero attached hydrogens (tertiary/aromatic N) is 1. The van der Waals surface area contributed by atoms with Crippen LogP contribution in [0.4, 0.5) is 18.9 Å². The summed E-state index contributed by atoms with van der Waals surface area (Å²) >= 11 is 0. The van der Waals surface area contributed by atoms with Gasteiger partial charge in [0.2, 0.25) is 5.91 Å². The standard InChI is InChI=1S/C18H17F3N2O/c19-14-6-7-15(17(21)16(14)20)22-18(24)13-8-9-23(11-13)10-12-4-2-1-3-5-12/h1-7,13H,8-11H2,(H,22,24). The quantitative estimate of drug-likeness (QED) is 0.867. The maximum Gasteiger partial charge on any atom is 0.228 e. The number of hydrogen-bond acceptors (Lipinski definition) is 2. The third-order valence-corrected chi connectivity index (χ3v) is 4.19. The SMILES string of the molecule is O=C(Nc1ccc(F)c(F)c1F)C1CCN(Cc2ccccc2)C1. The molecule has 3 nitrogen and oxygen atoms in total. The molecule has 6 heteroatoms. The van der Waals surface area contributed by atoms with E-state index in [1.807, 2.05) is 30.3 Å². The van der Waals surface area contributed by atoms with Gasteiger partial charge in [0, 0.05) is 13.1 Å². The summed E-state index contributed by atoms with van der Waals surface area (Å²) in [5.41, 5.74) is 0.825. The van der Waals surface area contributed by atoms with Crippen molar-refractivity contribution < 1.29 is 18.0 Å². The number of carbonyl (C=O) groups is 1. The van der Waals surface area contributed by atoms with Crippen molar-refractivity contribution in [2.24, 2.45) is 5.92 Å². The number of likely N-dealkylation sites (tertiary alicyclic amines) is 1. The Balaban J connectivity index is 1.60. The van der Waals surface area contributed by atoms with Crippen LogP contribution in [-0.4, -0.2) is 23.9 Å². The zero-order valence-corrected chi connectivity index (χ0v) is 12.9. The normalized spacial score (nSPS) is 17.9. The van der Waals surface area contributed by atoms with Crippen molar-refractivity contribution in [3.05, 3.63) is 65.5 Å². The van der Waals surface area contributed by atoms with Gasteiger partial charge in [-0.3, -0.25) is 9.69 Å². The summed E-state index contributed by atoms with van der Waals surface area (Å²) in [5, 5.41) is 2.36. The van der Waals surface area contributed by atoms with Gasteiger partial charge in [0.05, 0.1) is 11.6 Å². The molecule has 0 saturated carbocycles. The zero-order chi connectivity index (χ0) is 17.1. The molecule has 3 rings (SSSR count). The van der Waals surface area contributed by atoms with E-state index in [1.54, 1.807) is 0 Å². The first-order chi connectivity index (χ1) is 11.5.